The molecule has 0 spiro atoms. The third-order valence-electron chi connectivity index (χ3n) is 3.90. The summed E-state index contributed by atoms with van der Waals surface area (Å²) < 4.78 is 5.63. The summed E-state index contributed by atoms with van der Waals surface area (Å²) in [7, 11) is 0. The van der Waals surface area contributed by atoms with E-state index in [2.05, 4.69) is 20.3 Å². The minimum Gasteiger partial charge on any atom is -0.478 e. The largest absolute Gasteiger partial charge is 0.478 e. The number of pyridine rings is 1. The Bertz CT molecular complexity index is 1170. The summed E-state index contributed by atoms with van der Waals surface area (Å²) in [4.78, 5) is 35.0. The molecule has 0 aliphatic rings. The molecule has 4 rings (SSSR count). The molecule has 0 bridgehead atoms. The molecule has 4 aromatic rings. The SMILES string of the molecule is O=C(Nc1nc2c(C(=O)O)cccc2[nH]1)c1cccc(Oc2ccccc2)n1. The highest BCUT2D eigenvalue weighted by atomic mass is 16.5. The second-order valence-electron chi connectivity index (χ2n) is 5.82. The molecule has 0 radical (unpaired) electrons. The average Bonchev–Trinajstić information content (AvgIpc) is 3.11. The van der Waals surface area contributed by atoms with Crippen molar-refractivity contribution in [1.29, 1.82) is 0 Å². The molecule has 0 saturated heterocycles. The van der Waals surface area contributed by atoms with Crippen LogP contribution in [0.15, 0.2) is 66.7 Å². The second-order valence-corrected chi connectivity index (χ2v) is 5.82. The molecule has 1 amide bonds. The van der Waals surface area contributed by atoms with E-state index < -0.39 is 11.9 Å². The summed E-state index contributed by atoms with van der Waals surface area (Å²) >= 11 is 0. The van der Waals surface area contributed by atoms with E-state index in [1.54, 1.807) is 42.5 Å². The zero-order valence-corrected chi connectivity index (χ0v) is 14.4. The van der Waals surface area contributed by atoms with Crippen molar-refractivity contribution < 1.29 is 19.4 Å². The molecule has 2 aromatic heterocycles. The van der Waals surface area contributed by atoms with E-state index in [-0.39, 0.29) is 28.6 Å². The van der Waals surface area contributed by atoms with Crippen molar-refractivity contribution in [3.63, 3.8) is 0 Å². The highest BCUT2D eigenvalue weighted by molar-refractivity contribution is 6.04. The van der Waals surface area contributed by atoms with Gasteiger partial charge in [-0.05, 0) is 30.3 Å². The fourth-order valence-corrected chi connectivity index (χ4v) is 2.64. The minimum atomic E-state index is -1.09. The molecule has 0 aliphatic carbocycles. The first-order chi connectivity index (χ1) is 13.6. The number of ether oxygens (including phenoxy) is 1. The van der Waals surface area contributed by atoms with Crippen LogP contribution in [0.25, 0.3) is 11.0 Å². The zero-order chi connectivity index (χ0) is 19.5. The topological polar surface area (TPSA) is 117 Å². The van der Waals surface area contributed by atoms with E-state index in [1.807, 2.05) is 18.2 Å². The number of anilines is 1. The van der Waals surface area contributed by atoms with E-state index in [4.69, 9.17) is 4.74 Å². The van der Waals surface area contributed by atoms with E-state index in [9.17, 15) is 14.7 Å². The molecular weight excluding hydrogens is 360 g/mol. The number of rotatable bonds is 5. The number of benzene rings is 2. The van der Waals surface area contributed by atoms with Crippen molar-refractivity contribution in [2.45, 2.75) is 0 Å². The molecule has 0 saturated carbocycles. The smallest absolute Gasteiger partial charge is 0.337 e. The summed E-state index contributed by atoms with van der Waals surface area (Å²) in [5.74, 6) is -0.593. The third-order valence-corrected chi connectivity index (χ3v) is 3.90. The molecule has 28 heavy (non-hydrogen) atoms. The van der Waals surface area contributed by atoms with Crippen molar-refractivity contribution in [3.05, 3.63) is 78.0 Å². The number of para-hydroxylation sites is 2. The van der Waals surface area contributed by atoms with Gasteiger partial charge in [0.1, 0.15) is 17.0 Å². The lowest BCUT2D eigenvalue weighted by Crippen LogP contribution is -2.14. The molecule has 0 unspecified atom stereocenters. The molecule has 0 fully saturated rings. The highest BCUT2D eigenvalue weighted by Crippen LogP contribution is 2.21. The Labute approximate surface area is 158 Å². The van der Waals surface area contributed by atoms with Crippen molar-refractivity contribution in [2.75, 3.05) is 5.32 Å². The fraction of sp³-hybridized carbons (Fsp3) is 0. The van der Waals surface area contributed by atoms with E-state index in [0.29, 0.717) is 11.3 Å². The second kappa shape index (κ2) is 7.20. The van der Waals surface area contributed by atoms with E-state index in [0.717, 1.165) is 0 Å². The van der Waals surface area contributed by atoms with E-state index in [1.165, 1.54) is 6.07 Å². The van der Waals surface area contributed by atoms with Gasteiger partial charge < -0.3 is 14.8 Å². The number of aromatic amines is 1. The highest BCUT2D eigenvalue weighted by Gasteiger charge is 2.15. The van der Waals surface area contributed by atoms with Gasteiger partial charge in [-0.15, -0.1) is 0 Å². The summed E-state index contributed by atoms with van der Waals surface area (Å²) in [6.07, 6.45) is 0. The first-order valence-corrected chi connectivity index (χ1v) is 8.33. The quantitative estimate of drug-likeness (QED) is 0.490. The number of hydrogen-bond donors (Lipinski definition) is 3. The van der Waals surface area contributed by atoms with Gasteiger partial charge in [0.15, 0.2) is 0 Å². The minimum absolute atomic E-state index is 0.0469. The normalized spacial score (nSPS) is 10.6. The molecule has 2 heterocycles. The van der Waals surface area contributed by atoms with Gasteiger partial charge in [-0.1, -0.05) is 30.3 Å². The summed E-state index contributed by atoms with van der Waals surface area (Å²) in [6, 6.07) is 18.7. The van der Waals surface area contributed by atoms with Crippen LogP contribution in [-0.4, -0.2) is 31.9 Å². The number of carboxylic acid groups (broad SMARTS) is 1. The van der Waals surface area contributed by atoms with Crippen LogP contribution in [0.5, 0.6) is 11.6 Å². The third kappa shape index (κ3) is 3.51. The number of hydrogen-bond acceptors (Lipinski definition) is 5. The summed E-state index contributed by atoms with van der Waals surface area (Å²) in [5, 5.41) is 11.8. The molecule has 0 atom stereocenters. The van der Waals surface area contributed by atoms with Gasteiger partial charge in [0.25, 0.3) is 5.91 Å². The number of carbonyl (C=O) groups is 2. The molecule has 3 N–H and O–H groups in total. The van der Waals surface area contributed by atoms with Crippen molar-refractivity contribution in [2.24, 2.45) is 0 Å². The fourth-order valence-electron chi connectivity index (χ4n) is 2.64. The lowest BCUT2D eigenvalue weighted by atomic mass is 10.2. The Balaban J connectivity index is 1.55. The van der Waals surface area contributed by atoms with Crippen molar-refractivity contribution in [1.82, 2.24) is 15.0 Å². The van der Waals surface area contributed by atoms with Crippen LogP contribution in [0.2, 0.25) is 0 Å². The molecular formula is C20H14N4O4. The lowest BCUT2D eigenvalue weighted by Gasteiger charge is -2.06. The number of carbonyl (C=O) groups excluding carboxylic acids is 1. The van der Waals surface area contributed by atoms with Crippen LogP contribution >= 0.6 is 0 Å². The Hall–Kier alpha value is -4.20. The number of nitrogens with one attached hydrogen (secondary N) is 2. The predicted octanol–water partition coefficient (Wildman–Crippen LogP) is 3.70. The number of imidazole rings is 1. The van der Waals surface area contributed by atoms with E-state index >= 15 is 0 Å². The van der Waals surface area contributed by atoms with Crippen molar-refractivity contribution in [3.8, 4) is 11.6 Å². The van der Waals surface area contributed by atoms with Crippen LogP contribution in [0.4, 0.5) is 5.95 Å². The lowest BCUT2D eigenvalue weighted by molar-refractivity contribution is 0.0698. The van der Waals surface area contributed by atoms with Crippen LogP contribution in [0, 0.1) is 0 Å². The monoisotopic (exact) mass is 374 g/mol. The Morgan fingerprint density at radius 1 is 0.929 bits per heavy atom. The molecule has 0 aliphatic heterocycles. The van der Waals surface area contributed by atoms with Crippen LogP contribution < -0.4 is 10.1 Å². The molecule has 138 valence electrons. The van der Waals surface area contributed by atoms with Crippen molar-refractivity contribution >= 4 is 28.9 Å². The maximum absolute atomic E-state index is 12.5. The number of amides is 1. The number of nitrogens with zero attached hydrogens (tertiary/aromatic N) is 2. The van der Waals surface area contributed by atoms with Gasteiger partial charge in [0.05, 0.1) is 11.1 Å². The first kappa shape index (κ1) is 17.2. The van der Waals surface area contributed by atoms with Gasteiger partial charge in [-0.2, -0.15) is 0 Å². The van der Waals surface area contributed by atoms with Crippen LogP contribution in [-0.2, 0) is 0 Å². The standard InChI is InChI=1S/C20H14N4O4/c25-18(15-10-5-11-16(21-15)28-12-6-2-1-3-7-12)24-20-22-14-9-4-8-13(19(26)27)17(14)23-20/h1-11H,(H,26,27)(H2,22,23,24,25). The summed E-state index contributed by atoms with van der Waals surface area (Å²) in [6.45, 7) is 0. The number of aromatic nitrogens is 3. The zero-order valence-electron chi connectivity index (χ0n) is 14.4. The first-order valence-electron chi connectivity index (χ1n) is 8.33. The number of aromatic carboxylic acids is 1. The van der Waals surface area contributed by atoms with Gasteiger partial charge in [0, 0.05) is 6.07 Å². The van der Waals surface area contributed by atoms with Crippen LogP contribution in [0.1, 0.15) is 20.8 Å². The Kier molecular flexibility index (Phi) is 4.43. The number of H-pyrrole nitrogens is 1. The number of carboxylic acids is 1. The Morgan fingerprint density at radius 2 is 1.71 bits per heavy atom. The summed E-state index contributed by atoms with van der Waals surface area (Å²) in [5.41, 5.74) is 0.946. The van der Waals surface area contributed by atoms with Gasteiger partial charge in [-0.25, -0.2) is 14.8 Å². The van der Waals surface area contributed by atoms with Gasteiger partial charge in [0.2, 0.25) is 11.8 Å². The molecule has 8 heteroatoms. The van der Waals surface area contributed by atoms with Gasteiger partial charge >= 0.3 is 5.97 Å². The number of fused-ring (bicyclic) bond motifs is 1. The maximum atomic E-state index is 12.5. The molecule has 2 aromatic carbocycles. The molecule has 8 nitrogen and oxygen atoms in total. The predicted molar refractivity (Wildman–Crippen MR) is 102 cm³/mol. The van der Waals surface area contributed by atoms with Gasteiger partial charge in [-0.3, -0.25) is 10.1 Å². The van der Waals surface area contributed by atoms with Crippen LogP contribution in [0.3, 0.4) is 0 Å². The maximum Gasteiger partial charge on any atom is 0.337 e. The average molecular weight is 374 g/mol. The Morgan fingerprint density at radius 3 is 2.50 bits per heavy atom.